The van der Waals surface area contributed by atoms with Crippen molar-refractivity contribution in [1.82, 2.24) is 9.97 Å². The zero-order chi connectivity index (χ0) is 8.97. The van der Waals surface area contributed by atoms with E-state index in [0.29, 0.717) is 5.69 Å². The normalized spacial score (nSPS) is 12.2. The highest BCUT2D eigenvalue weighted by atomic mass is 32.1. The van der Waals surface area contributed by atoms with Gasteiger partial charge in [0.2, 0.25) is 0 Å². The van der Waals surface area contributed by atoms with Gasteiger partial charge in [-0.15, -0.1) is 0 Å². The van der Waals surface area contributed by atoms with Gasteiger partial charge in [0.25, 0.3) is 0 Å². The maximum Gasteiger partial charge on any atom is 0.324 e. The Morgan fingerprint density at radius 1 is 1.67 bits per heavy atom. The number of hydrogen-bond acceptors (Lipinski definition) is 5. The molecular weight excluding hydrogens is 176 g/mol. The van der Waals surface area contributed by atoms with E-state index in [0.717, 1.165) is 0 Å². The first-order chi connectivity index (χ1) is 5.75. The first kappa shape index (κ1) is 8.99. The summed E-state index contributed by atoms with van der Waals surface area (Å²) in [6.45, 7) is 0. The van der Waals surface area contributed by atoms with E-state index < -0.39 is 11.2 Å². The van der Waals surface area contributed by atoms with Crippen molar-refractivity contribution in [1.29, 1.82) is 0 Å². The van der Waals surface area contributed by atoms with E-state index in [-0.39, 0.29) is 0 Å². The van der Waals surface area contributed by atoms with Crippen molar-refractivity contribution in [3.63, 3.8) is 0 Å². The lowest BCUT2D eigenvalue weighted by Crippen LogP contribution is -2.10. The molecule has 0 N–H and O–H groups in total. The Labute approximate surface area is 75.4 Å². The lowest BCUT2D eigenvalue weighted by molar-refractivity contribution is -0.140. The average molecular weight is 184 g/mol. The molecule has 1 aromatic heterocycles. The van der Waals surface area contributed by atoms with E-state index in [1.54, 1.807) is 0 Å². The quantitative estimate of drug-likeness (QED) is 0.540. The number of aromatic nitrogens is 2. The summed E-state index contributed by atoms with van der Waals surface area (Å²) in [6, 6.07) is 0. The molecule has 0 aliphatic heterocycles. The van der Waals surface area contributed by atoms with Crippen LogP contribution in [0.25, 0.3) is 0 Å². The average Bonchev–Trinajstić information content (AvgIpc) is 2.17. The molecule has 0 bridgehead atoms. The molecule has 0 aliphatic carbocycles. The number of esters is 1. The van der Waals surface area contributed by atoms with Gasteiger partial charge in [-0.3, -0.25) is 14.8 Å². The number of rotatable bonds is 2. The number of methoxy groups -OCH3 is 1. The van der Waals surface area contributed by atoms with E-state index in [9.17, 15) is 4.79 Å². The lowest BCUT2D eigenvalue weighted by atomic mass is 10.3. The Hall–Kier alpha value is -1.10. The fraction of sp³-hybridized carbons (Fsp3) is 0.286. The van der Waals surface area contributed by atoms with E-state index in [1.807, 2.05) is 0 Å². The Balaban J connectivity index is 2.78. The number of thiol groups is 1. The maximum absolute atomic E-state index is 10.9. The minimum Gasteiger partial charge on any atom is -0.468 e. The summed E-state index contributed by atoms with van der Waals surface area (Å²) >= 11 is 4.02. The monoisotopic (exact) mass is 184 g/mol. The van der Waals surface area contributed by atoms with Gasteiger partial charge < -0.3 is 4.74 Å². The van der Waals surface area contributed by atoms with Crippen LogP contribution in [-0.4, -0.2) is 23.0 Å². The highest BCUT2D eigenvalue weighted by Crippen LogP contribution is 2.17. The third kappa shape index (κ3) is 1.94. The predicted octanol–water partition coefficient (Wildman–Crippen LogP) is 0.620. The molecule has 1 atom stereocenters. The minimum absolute atomic E-state index is 0.432. The van der Waals surface area contributed by atoms with E-state index in [2.05, 4.69) is 27.3 Å². The van der Waals surface area contributed by atoms with E-state index in [1.165, 1.54) is 25.7 Å². The Bertz CT molecular complexity index is 265. The molecule has 64 valence electrons. The van der Waals surface area contributed by atoms with Crippen LogP contribution in [0.4, 0.5) is 0 Å². The van der Waals surface area contributed by atoms with Gasteiger partial charge in [-0.05, 0) is 0 Å². The van der Waals surface area contributed by atoms with Crippen molar-refractivity contribution >= 4 is 18.6 Å². The second-order valence-electron chi connectivity index (χ2n) is 2.06. The number of carbonyl (C=O) groups is 1. The smallest absolute Gasteiger partial charge is 0.324 e. The molecule has 1 rings (SSSR count). The van der Waals surface area contributed by atoms with Crippen LogP contribution < -0.4 is 0 Å². The van der Waals surface area contributed by atoms with Gasteiger partial charge in [-0.25, -0.2) is 0 Å². The predicted molar refractivity (Wildman–Crippen MR) is 45.8 cm³/mol. The van der Waals surface area contributed by atoms with Crippen molar-refractivity contribution in [2.24, 2.45) is 0 Å². The van der Waals surface area contributed by atoms with Gasteiger partial charge >= 0.3 is 5.97 Å². The topological polar surface area (TPSA) is 52.1 Å². The highest BCUT2D eigenvalue weighted by Gasteiger charge is 2.17. The van der Waals surface area contributed by atoms with Crippen LogP contribution in [0.1, 0.15) is 10.9 Å². The molecule has 0 spiro atoms. The molecule has 5 heteroatoms. The summed E-state index contributed by atoms with van der Waals surface area (Å²) < 4.78 is 4.48. The first-order valence-corrected chi connectivity index (χ1v) is 3.79. The van der Waals surface area contributed by atoms with E-state index >= 15 is 0 Å². The van der Waals surface area contributed by atoms with Gasteiger partial charge in [-0.2, -0.15) is 12.6 Å². The van der Waals surface area contributed by atoms with Crippen LogP contribution >= 0.6 is 12.6 Å². The van der Waals surface area contributed by atoms with Crippen LogP contribution in [0, 0.1) is 0 Å². The molecule has 1 heterocycles. The molecule has 0 aromatic carbocycles. The molecule has 1 unspecified atom stereocenters. The summed E-state index contributed by atoms with van der Waals surface area (Å²) in [4.78, 5) is 18.7. The maximum atomic E-state index is 10.9. The molecule has 0 fully saturated rings. The fourth-order valence-corrected chi connectivity index (χ4v) is 0.923. The third-order valence-electron chi connectivity index (χ3n) is 1.29. The van der Waals surface area contributed by atoms with Crippen LogP contribution in [-0.2, 0) is 9.53 Å². The molecule has 4 nitrogen and oxygen atoms in total. The van der Waals surface area contributed by atoms with Crippen LogP contribution in [0.15, 0.2) is 18.6 Å². The molecular formula is C7H8N2O2S. The SMILES string of the molecule is COC(=O)C(S)c1cnccn1. The fourth-order valence-electron chi connectivity index (χ4n) is 0.684. The summed E-state index contributed by atoms with van der Waals surface area (Å²) in [6.07, 6.45) is 4.51. The molecule has 0 saturated carbocycles. The third-order valence-corrected chi connectivity index (χ3v) is 1.76. The second kappa shape index (κ2) is 4.06. The number of hydrogen-bond donors (Lipinski definition) is 1. The summed E-state index contributed by atoms with van der Waals surface area (Å²) in [5.41, 5.74) is 0.493. The largest absolute Gasteiger partial charge is 0.468 e. The Morgan fingerprint density at radius 3 is 2.92 bits per heavy atom. The van der Waals surface area contributed by atoms with Crippen LogP contribution in [0.3, 0.4) is 0 Å². The molecule has 1 aromatic rings. The lowest BCUT2D eigenvalue weighted by Gasteiger charge is -2.05. The zero-order valence-corrected chi connectivity index (χ0v) is 7.36. The standard InChI is InChI=1S/C7H8N2O2S/c1-11-7(10)6(12)5-4-8-2-3-9-5/h2-4,6,12H,1H3. The van der Waals surface area contributed by atoms with Crippen molar-refractivity contribution in [2.45, 2.75) is 5.25 Å². The van der Waals surface area contributed by atoms with Crippen molar-refractivity contribution < 1.29 is 9.53 Å². The van der Waals surface area contributed by atoms with Crippen LogP contribution in [0.5, 0.6) is 0 Å². The van der Waals surface area contributed by atoms with Gasteiger partial charge in [0.15, 0.2) is 0 Å². The molecule has 0 radical (unpaired) electrons. The highest BCUT2D eigenvalue weighted by molar-refractivity contribution is 7.81. The van der Waals surface area contributed by atoms with Crippen molar-refractivity contribution in [2.75, 3.05) is 7.11 Å². The number of ether oxygens (including phenoxy) is 1. The van der Waals surface area contributed by atoms with Gasteiger partial charge in [0.1, 0.15) is 5.25 Å². The van der Waals surface area contributed by atoms with Crippen molar-refractivity contribution in [3.05, 3.63) is 24.3 Å². The van der Waals surface area contributed by atoms with Crippen molar-refractivity contribution in [3.8, 4) is 0 Å². The van der Waals surface area contributed by atoms with Gasteiger partial charge in [0, 0.05) is 12.4 Å². The summed E-state index contributed by atoms with van der Waals surface area (Å²) in [5.74, 6) is -0.432. The van der Waals surface area contributed by atoms with E-state index in [4.69, 9.17) is 0 Å². The second-order valence-corrected chi connectivity index (χ2v) is 2.57. The molecule has 12 heavy (non-hydrogen) atoms. The number of nitrogens with zero attached hydrogens (tertiary/aromatic N) is 2. The van der Waals surface area contributed by atoms with Gasteiger partial charge in [0.05, 0.1) is 19.0 Å². The Kier molecular flexibility index (Phi) is 3.04. The Morgan fingerprint density at radius 2 is 2.42 bits per heavy atom. The van der Waals surface area contributed by atoms with Crippen LogP contribution in [0.2, 0.25) is 0 Å². The van der Waals surface area contributed by atoms with Gasteiger partial charge in [-0.1, -0.05) is 0 Å². The molecule has 0 amide bonds. The summed E-state index contributed by atoms with van der Waals surface area (Å²) in [7, 11) is 1.31. The minimum atomic E-state index is -0.649. The first-order valence-electron chi connectivity index (χ1n) is 3.27. The number of carbonyl (C=O) groups excluding carboxylic acids is 1. The molecule has 0 saturated heterocycles. The summed E-state index contributed by atoms with van der Waals surface area (Å²) in [5, 5.41) is -0.649. The zero-order valence-electron chi connectivity index (χ0n) is 6.47. The molecule has 0 aliphatic rings.